The van der Waals surface area contributed by atoms with Crippen LogP contribution in [0.4, 0.5) is 29.1 Å². The van der Waals surface area contributed by atoms with Crippen molar-refractivity contribution in [2.75, 3.05) is 23.7 Å². The number of fused-ring (bicyclic) bond motifs is 1. The molecule has 0 radical (unpaired) electrons. The lowest BCUT2D eigenvalue weighted by Gasteiger charge is -2.44. The Hall–Kier alpha value is -5.09. The number of rotatable bonds is 10. The van der Waals surface area contributed by atoms with E-state index in [0.29, 0.717) is 35.4 Å². The minimum atomic E-state index is -3.03. The highest BCUT2D eigenvalue weighted by Crippen LogP contribution is 2.35. The number of benzene rings is 1. The van der Waals surface area contributed by atoms with Gasteiger partial charge in [-0.1, -0.05) is 6.07 Å². The zero-order chi connectivity index (χ0) is 33.3. The number of anilines is 2. The number of piperidine rings is 1. The molecule has 47 heavy (non-hydrogen) atoms. The largest absolute Gasteiger partial charge is 0.452 e. The molecule has 5 aromatic rings. The van der Waals surface area contributed by atoms with Crippen LogP contribution < -0.4 is 25.8 Å². The maximum atomic E-state index is 15.6. The van der Waals surface area contributed by atoms with E-state index in [9.17, 15) is 13.9 Å². The quantitative estimate of drug-likeness (QED) is 0.148. The summed E-state index contributed by atoms with van der Waals surface area (Å²) in [6.07, 6.45) is 0.294. The molecule has 1 unspecified atom stereocenters. The molecule has 0 saturated carbocycles. The Morgan fingerprint density at radius 1 is 1.04 bits per heavy atom. The summed E-state index contributed by atoms with van der Waals surface area (Å²) in [7, 11) is 0. The molecule has 1 fully saturated rings. The number of pyridine rings is 2. The second kappa shape index (κ2) is 13.0. The van der Waals surface area contributed by atoms with Crippen LogP contribution in [0.1, 0.15) is 25.3 Å². The lowest BCUT2D eigenvalue weighted by Crippen LogP contribution is -2.63. The molecule has 5 heterocycles. The summed E-state index contributed by atoms with van der Waals surface area (Å²) in [5, 5.41) is 10.2. The molecule has 1 aromatic carbocycles. The van der Waals surface area contributed by atoms with Crippen LogP contribution in [0.25, 0.3) is 22.4 Å². The highest BCUT2D eigenvalue weighted by atomic mass is 19.3. The van der Waals surface area contributed by atoms with Gasteiger partial charge in [0.25, 0.3) is 6.43 Å². The van der Waals surface area contributed by atoms with Gasteiger partial charge >= 0.3 is 0 Å². The number of aromatic nitrogens is 6. The van der Waals surface area contributed by atoms with Crippen molar-refractivity contribution in [3.05, 3.63) is 78.6 Å². The topological polar surface area (TPSA) is 163 Å². The number of alkyl halides is 2. The van der Waals surface area contributed by atoms with Crippen LogP contribution in [0.15, 0.2) is 61.4 Å². The van der Waals surface area contributed by atoms with Crippen molar-refractivity contribution in [3.8, 4) is 22.9 Å². The molecule has 1 saturated heterocycles. The van der Waals surface area contributed by atoms with E-state index >= 15 is 8.78 Å². The van der Waals surface area contributed by atoms with Gasteiger partial charge in [-0.05, 0) is 36.6 Å². The van der Waals surface area contributed by atoms with Crippen LogP contribution in [0.3, 0.4) is 0 Å². The molecule has 12 nitrogen and oxygen atoms in total. The van der Waals surface area contributed by atoms with Gasteiger partial charge in [0.15, 0.2) is 23.0 Å². The highest BCUT2D eigenvalue weighted by Gasteiger charge is 2.43. The van der Waals surface area contributed by atoms with E-state index in [2.05, 4.69) is 24.9 Å². The fourth-order valence-corrected chi connectivity index (χ4v) is 5.66. The number of nitrogen functional groups attached to an aromatic ring is 1. The van der Waals surface area contributed by atoms with Crippen molar-refractivity contribution in [1.82, 2.24) is 29.5 Å². The number of aliphatic hydroxyl groups excluding tert-OH is 1. The van der Waals surface area contributed by atoms with E-state index in [4.69, 9.17) is 20.9 Å². The van der Waals surface area contributed by atoms with Crippen LogP contribution in [0, 0.1) is 11.6 Å². The summed E-state index contributed by atoms with van der Waals surface area (Å²) in [6, 6.07) is 8.44. The minimum Gasteiger partial charge on any atom is -0.452 e. The van der Waals surface area contributed by atoms with Crippen LogP contribution in [0.5, 0.6) is 11.6 Å². The number of hydrogen-bond donors (Lipinski definition) is 3. The Kier molecular flexibility index (Phi) is 8.79. The monoisotopic (exact) mass is 653 g/mol. The third kappa shape index (κ3) is 6.59. The molecule has 16 heteroatoms. The van der Waals surface area contributed by atoms with Crippen molar-refractivity contribution < 1.29 is 32.1 Å². The Bertz CT molecular complexity index is 1880. The molecule has 6 rings (SSSR count). The first-order valence-electron chi connectivity index (χ1n) is 14.7. The van der Waals surface area contributed by atoms with E-state index in [1.54, 1.807) is 33.7 Å². The zero-order valence-electron chi connectivity index (χ0n) is 25.1. The van der Waals surface area contributed by atoms with Gasteiger partial charge in [-0.15, -0.1) is 0 Å². The molecule has 5 N–H and O–H groups in total. The van der Waals surface area contributed by atoms with Crippen LogP contribution in [-0.2, 0) is 6.54 Å². The van der Waals surface area contributed by atoms with Gasteiger partial charge in [0, 0.05) is 43.9 Å². The van der Waals surface area contributed by atoms with Gasteiger partial charge in [0.05, 0.1) is 36.0 Å². The van der Waals surface area contributed by atoms with Crippen LogP contribution in [-0.4, -0.2) is 72.0 Å². The van der Waals surface area contributed by atoms with Crippen molar-refractivity contribution in [2.45, 2.75) is 50.7 Å². The molecule has 4 aromatic heterocycles. The van der Waals surface area contributed by atoms with Crippen molar-refractivity contribution in [2.24, 2.45) is 5.73 Å². The first kappa shape index (κ1) is 31.9. The molecular formula is C31H31F4N9O3. The molecular weight excluding hydrogens is 622 g/mol. The fraction of sp³-hybridized carbons (Fsp3) is 0.323. The molecule has 3 atom stereocenters. The zero-order valence-corrected chi connectivity index (χ0v) is 25.1. The predicted molar refractivity (Wildman–Crippen MR) is 164 cm³/mol. The van der Waals surface area contributed by atoms with E-state index in [0.717, 1.165) is 12.1 Å². The Balaban J connectivity index is 1.35. The van der Waals surface area contributed by atoms with Gasteiger partial charge in [0.2, 0.25) is 12.2 Å². The van der Waals surface area contributed by atoms with Crippen molar-refractivity contribution in [1.29, 1.82) is 0 Å². The first-order chi connectivity index (χ1) is 22.5. The summed E-state index contributed by atoms with van der Waals surface area (Å²) in [5.74, 6) is -1.63. The fourth-order valence-electron chi connectivity index (χ4n) is 5.66. The number of hydrogen-bond acceptors (Lipinski definition) is 11. The van der Waals surface area contributed by atoms with E-state index in [-0.39, 0.29) is 48.2 Å². The average Bonchev–Trinajstić information content (AvgIpc) is 3.46. The van der Waals surface area contributed by atoms with Crippen LogP contribution >= 0.6 is 0 Å². The number of ether oxygens (including phenoxy) is 2. The Morgan fingerprint density at radius 2 is 1.87 bits per heavy atom. The first-order valence-corrected chi connectivity index (χ1v) is 14.7. The third-order valence-electron chi connectivity index (χ3n) is 7.97. The van der Waals surface area contributed by atoms with Gasteiger partial charge in [-0.3, -0.25) is 4.98 Å². The molecule has 1 aliphatic rings. The van der Waals surface area contributed by atoms with Crippen molar-refractivity contribution >= 4 is 22.7 Å². The summed E-state index contributed by atoms with van der Waals surface area (Å²) in [4.78, 5) is 22.7. The average molecular weight is 654 g/mol. The standard InChI is InChI=1S/C31H31F4N9O3/c1-17(47-25-5-2-3-7-38-25)46-24-11-20(32)19(10-21(24)33)22-9-18(13-44-16-42-26-29(36)40-15-41-30(26)44)23(12-39-22)43-8-4-6-31(37,14-43)27(45)28(34)35/h2-3,5,7,9-12,15-17,27-28,45H,4,6,8,13-14,37H2,1H3,(H2,36,40,41)/t17?,27-,31-/m1/s1. The molecule has 0 amide bonds. The SMILES string of the molecule is CC(Oc1ccccn1)Oc1cc(F)c(-c2cc(Cn3cnc4c(N)ncnc43)c(N3CCC[C@](N)([C@H](O)C(F)F)C3)cn2)cc1F. The predicted octanol–water partition coefficient (Wildman–Crippen LogP) is 3.92. The minimum absolute atomic E-state index is 0.0895. The summed E-state index contributed by atoms with van der Waals surface area (Å²) in [6.45, 7) is 1.95. The smallest absolute Gasteiger partial charge is 0.265 e. The van der Waals surface area contributed by atoms with Gasteiger partial charge in [-0.25, -0.2) is 37.5 Å². The van der Waals surface area contributed by atoms with Crippen LogP contribution in [0.2, 0.25) is 0 Å². The summed E-state index contributed by atoms with van der Waals surface area (Å²) >= 11 is 0. The maximum absolute atomic E-state index is 15.6. The number of imidazole rings is 1. The Labute approximate surface area is 266 Å². The van der Waals surface area contributed by atoms with Gasteiger partial charge in [-0.2, -0.15) is 0 Å². The van der Waals surface area contributed by atoms with Crippen molar-refractivity contribution in [3.63, 3.8) is 0 Å². The highest BCUT2D eigenvalue weighted by molar-refractivity contribution is 5.81. The second-order valence-corrected chi connectivity index (χ2v) is 11.3. The van der Waals surface area contributed by atoms with Gasteiger partial charge in [0.1, 0.15) is 23.8 Å². The molecule has 0 aliphatic carbocycles. The molecule has 246 valence electrons. The number of halogens is 4. The van der Waals surface area contributed by atoms with E-state index < -0.39 is 36.0 Å². The van der Waals surface area contributed by atoms with E-state index in [1.165, 1.54) is 32.0 Å². The van der Waals surface area contributed by atoms with E-state index in [1.807, 2.05) is 0 Å². The number of nitrogens with zero attached hydrogens (tertiary/aromatic N) is 7. The molecule has 0 bridgehead atoms. The normalized spacial score (nSPS) is 18.0. The molecule has 0 spiro atoms. The third-order valence-corrected chi connectivity index (χ3v) is 7.97. The summed E-state index contributed by atoms with van der Waals surface area (Å²) in [5.41, 5.74) is 12.4. The van der Waals surface area contributed by atoms with Gasteiger partial charge < -0.3 is 35.5 Å². The second-order valence-electron chi connectivity index (χ2n) is 11.3. The number of aliphatic hydroxyl groups is 1. The maximum Gasteiger partial charge on any atom is 0.265 e. The lowest BCUT2D eigenvalue weighted by atomic mass is 9.84. The number of nitrogens with two attached hydrogens (primary N) is 2. The lowest BCUT2D eigenvalue weighted by molar-refractivity contribution is -0.0529. The summed E-state index contributed by atoms with van der Waals surface area (Å²) < 4.78 is 70.6. The Morgan fingerprint density at radius 3 is 2.64 bits per heavy atom. The molecule has 1 aliphatic heterocycles.